The maximum absolute atomic E-state index is 12.0. The first-order valence-corrected chi connectivity index (χ1v) is 9.62. The van der Waals surface area contributed by atoms with E-state index in [0.29, 0.717) is 11.0 Å². The molecule has 1 aromatic carbocycles. The number of nitriles is 1. The standard InChI is InChI=1S/C15H17BrN2OS2/c16-13-8-12(21-10-17)6-7-14(13)18-15(19)9-20-11-4-2-1-3-5-11/h6-8,11H,1-5,9H2,(H,18,19). The van der Waals surface area contributed by atoms with Crippen LogP contribution in [-0.4, -0.2) is 16.9 Å². The molecule has 1 amide bonds. The molecule has 0 saturated heterocycles. The second-order valence-corrected chi connectivity index (χ2v) is 7.96. The van der Waals surface area contributed by atoms with Crippen molar-refractivity contribution in [3.05, 3.63) is 22.7 Å². The molecule has 0 aliphatic heterocycles. The molecule has 0 bridgehead atoms. The summed E-state index contributed by atoms with van der Waals surface area (Å²) in [5, 5.41) is 14.2. The molecular weight excluding hydrogens is 368 g/mol. The Morgan fingerprint density at radius 2 is 2.14 bits per heavy atom. The van der Waals surface area contributed by atoms with Crippen LogP contribution in [0.25, 0.3) is 0 Å². The Kier molecular flexibility index (Phi) is 6.94. The van der Waals surface area contributed by atoms with Gasteiger partial charge in [0.05, 0.1) is 11.4 Å². The highest BCUT2D eigenvalue weighted by Crippen LogP contribution is 2.30. The Hall–Kier alpha value is -0.640. The molecule has 1 aliphatic rings. The number of nitrogens with zero attached hydrogens (tertiary/aromatic N) is 1. The Balaban J connectivity index is 1.83. The molecule has 0 aromatic heterocycles. The van der Waals surface area contributed by atoms with Gasteiger partial charge in [0, 0.05) is 14.6 Å². The average molecular weight is 385 g/mol. The second kappa shape index (κ2) is 8.72. The fraction of sp³-hybridized carbons (Fsp3) is 0.467. The third-order valence-electron chi connectivity index (χ3n) is 3.38. The number of carbonyl (C=O) groups is 1. The van der Waals surface area contributed by atoms with Gasteiger partial charge in [-0.15, -0.1) is 11.8 Å². The van der Waals surface area contributed by atoms with Gasteiger partial charge in [-0.1, -0.05) is 19.3 Å². The highest BCUT2D eigenvalue weighted by molar-refractivity contribution is 9.10. The maximum atomic E-state index is 12.0. The van der Waals surface area contributed by atoms with Crippen molar-refractivity contribution >= 4 is 51.0 Å². The maximum Gasteiger partial charge on any atom is 0.234 e. The summed E-state index contributed by atoms with van der Waals surface area (Å²) in [6.07, 6.45) is 6.40. The summed E-state index contributed by atoms with van der Waals surface area (Å²) in [6.45, 7) is 0. The summed E-state index contributed by atoms with van der Waals surface area (Å²) in [5.41, 5.74) is 0.756. The van der Waals surface area contributed by atoms with Crippen LogP contribution in [0.4, 0.5) is 5.69 Å². The molecule has 21 heavy (non-hydrogen) atoms. The normalized spacial score (nSPS) is 15.4. The zero-order valence-electron chi connectivity index (χ0n) is 11.6. The van der Waals surface area contributed by atoms with E-state index in [4.69, 9.17) is 5.26 Å². The van der Waals surface area contributed by atoms with Gasteiger partial charge in [-0.2, -0.15) is 5.26 Å². The van der Waals surface area contributed by atoms with Gasteiger partial charge < -0.3 is 5.32 Å². The minimum atomic E-state index is 0.0342. The van der Waals surface area contributed by atoms with Gasteiger partial charge in [-0.3, -0.25) is 4.79 Å². The molecule has 112 valence electrons. The molecule has 0 radical (unpaired) electrons. The molecule has 0 unspecified atom stereocenters. The van der Waals surface area contributed by atoms with Crippen molar-refractivity contribution in [2.45, 2.75) is 42.2 Å². The Morgan fingerprint density at radius 1 is 1.38 bits per heavy atom. The first kappa shape index (κ1) is 16.7. The largest absolute Gasteiger partial charge is 0.324 e. The zero-order chi connectivity index (χ0) is 15.1. The second-order valence-electron chi connectivity index (χ2n) is 4.95. The highest BCUT2D eigenvalue weighted by atomic mass is 79.9. The summed E-state index contributed by atoms with van der Waals surface area (Å²) in [4.78, 5) is 12.9. The van der Waals surface area contributed by atoms with Crippen LogP contribution in [0.15, 0.2) is 27.6 Å². The van der Waals surface area contributed by atoms with E-state index >= 15 is 0 Å². The number of thiocyanates is 1. The van der Waals surface area contributed by atoms with Crippen LogP contribution in [0.5, 0.6) is 0 Å². The number of amides is 1. The van der Waals surface area contributed by atoms with Crippen molar-refractivity contribution in [2.75, 3.05) is 11.1 Å². The Labute approximate surface area is 142 Å². The average Bonchev–Trinajstić information content (AvgIpc) is 2.49. The number of nitrogens with one attached hydrogen (secondary N) is 1. The van der Waals surface area contributed by atoms with E-state index in [-0.39, 0.29) is 5.91 Å². The van der Waals surface area contributed by atoms with E-state index in [2.05, 4.69) is 21.2 Å². The third-order valence-corrected chi connectivity index (χ3v) is 5.99. The predicted molar refractivity (Wildman–Crippen MR) is 93.6 cm³/mol. The molecule has 6 heteroatoms. The Bertz CT molecular complexity index is 539. The van der Waals surface area contributed by atoms with Crippen molar-refractivity contribution in [2.24, 2.45) is 0 Å². The molecule has 1 aliphatic carbocycles. The van der Waals surface area contributed by atoms with Crippen LogP contribution >= 0.6 is 39.5 Å². The number of hydrogen-bond donors (Lipinski definition) is 1. The molecule has 0 atom stereocenters. The quantitative estimate of drug-likeness (QED) is 0.571. The first-order chi connectivity index (χ1) is 10.2. The van der Waals surface area contributed by atoms with E-state index in [1.54, 1.807) is 11.8 Å². The summed E-state index contributed by atoms with van der Waals surface area (Å²) in [5.74, 6) is 0.540. The molecule has 2 rings (SSSR count). The van der Waals surface area contributed by atoms with Crippen molar-refractivity contribution < 1.29 is 4.79 Å². The number of carbonyl (C=O) groups excluding carboxylic acids is 1. The minimum Gasteiger partial charge on any atom is -0.324 e. The smallest absolute Gasteiger partial charge is 0.234 e. The number of benzene rings is 1. The molecule has 1 fully saturated rings. The lowest BCUT2D eigenvalue weighted by Crippen LogP contribution is -2.18. The van der Waals surface area contributed by atoms with Crippen LogP contribution in [0.2, 0.25) is 0 Å². The highest BCUT2D eigenvalue weighted by Gasteiger charge is 2.15. The van der Waals surface area contributed by atoms with Crippen LogP contribution < -0.4 is 5.32 Å². The van der Waals surface area contributed by atoms with Crippen molar-refractivity contribution in [3.63, 3.8) is 0 Å². The number of anilines is 1. The number of hydrogen-bond acceptors (Lipinski definition) is 4. The number of thioether (sulfide) groups is 2. The van der Waals surface area contributed by atoms with Gasteiger partial charge in [0.25, 0.3) is 0 Å². The first-order valence-electron chi connectivity index (χ1n) is 6.96. The number of rotatable bonds is 5. The third kappa shape index (κ3) is 5.57. The van der Waals surface area contributed by atoms with Gasteiger partial charge in [0.15, 0.2) is 0 Å². The van der Waals surface area contributed by atoms with Crippen molar-refractivity contribution in [1.29, 1.82) is 5.26 Å². The predicted octanol–water partition coefficient (Wildman–Crippen LogP) is 5.03. The van der Waals surface area contributed by atoms with Gasteiger partial charge in [0.2, 0.25) is 5.91 Å². The summed E-state index contributed by atoms with van der Waals surface area (Å²) in [6, 6.07) is 5.51. The minimum absolute atomic E-state index is 0.0342. The van der Waals surface area contributed by atoms with Crippen LogP contribution in [-0.2, 0) is 4.79 Å². The van der Waals surface area contributed by atoms with E-state index in [1.165, 1.54) is 32.1 Å². The topological polar surface area (TPSA) is 52.9 Å². The molecule has 1 N–H and O–H groups in total. The van der Waals surface area contributed by atoms with Crippen LogP contribution in [0.3, 0.4) is 0 Å². The molecule has 0 spiro atoms. The van der Waals surface area contributed by atoms with Gasteiger partial charge >= 0.3 is 0 Å². The zero-order valence-corrected chi connectivity index (χ0v) is 14.8. The molecule has 1 saturated carbocycles. The summed E-state index contributed by atoms with van der Waals surface area (Å²) >= 11 is 6.30. The Morgan fingerprint density at radius 3 is 2.81 bits per heavy atom. The number of halogens is 1. The van der Waals surface area contributed by atoms with E-state index in [1.807, 2.05) is 23.6 Å². The molecule has 3 nitrogen and oxygen atoms in total. The van der Waals surface area contributed by atoms with Gasteiger partial charge in [0.1, 0.15) is 5.40 Å². The molecule has 0 heterocycles. The van der Waals surface area contributed by atoms with E-state index in [9.17, 15) is 4.79 Å². The lowest BCUT2D eigenvalue weighted by atomic mass is 10.0. The fourth-order valence-corrected chi connectivity index (χ4v) is 4.50. The van der Waals surface area contributed by atoms with E-state index < -0.39 is 0 Å². The fourth-order valence-electron chi connectivity index (χ4n) is 2.33. The van der Waals surface area contributed by atoms with E-state index in [0.717, 1.165) is 26.8 Å². The van der Waals surface area contributed by atoms with Crippen LogP contribution in [0, 0.1) is 10.7 Å². The monoisotopic (exact) mass is 384 g/mol. The molecule has 1 aromatic rings. The van der Waals surface area contributed by atoms with Crippen LogP contribution in [0.1, 0.15) is 32.1 Å². The SMILES string of the molecule is N#CSc1ccc(NC(=O)CSC2CCCCC2)c(Br)c1. The van der Waals surface area contributed by atoms with Crippen molar-refractivity contribution in [3.8, 4) is 5.40 Å². The lowest BCUT2D eigenvalue weighted by molar-refractivity contribution is -0.113. The van der Waals surface area contributed by atoms with Gasteiger partial charge in [-0.25, -0.2) is 0 Å². The van der Waals surface area contributed by atoms with Gasteiger partial charge in [-0.05, 0) is 58.7 Å². The summed E-state index contributed by atoms with van der Waals surface area (Å²) in [7, 11) is 0. The van der Waals surface area contributed by atoms with Crippen molar-refractivity contribution in [1.82, 2.24) is 0 Å². The summed E-state index contributed by atoms with van der Waals surface area (Å²) < 4.78 is 0.804. The lowest BCUT2D eigenvalue weighted by Gasteiger charge is -2.20. The molecular formula is C15H17BrN2OS2.